The summed E-state index contributed by atoms with van der Waals surface area (Å²) in [5.74, 6) is -21.2. The number of methoxy groups -OCH3 is 2. The van der Waals surface area contributed by atoms with Gasteiger partial charge in [0, 0.05) is 102 Å². The molecule has 41 heteroatoms. The third kappa shape index (κ3) is 27.0. The highest BCUT2D eigenvalue weighted by Crippen LogP contribution is 2.45. The molecule has 0 amide bonds. The number of benzene rings is 3. The summed E-state index contributed by atoms with van der Waals surface area (Å²) in [6, 6.07) is 14.9. The molecule has 0 bridgehead atoms. The van der Waals surface area contributed by atoms with Crippen LogP contribution in [0.1, 0.15) is 111 Å². The van der Waals surface area contributed by atoms with Gasteiger partial charge in [-0.1, -0.05) is 30.3 Å². The Morgan fingerprint density at radius 1 is 0.339 bits per heavy atom. The summed E-state index contributed by atoms with van der Waals surface area (Å²) in [6.45, 7) is 6.69. The number of ether oxygens (including phenoxy) is 25. The average molecular weight is 1670 g/mol. The van der Waals surface area contributed by atoms with Crippen molar-refractivity contribution in [1.29, 1.82) is 0 Å². The van der Waals surface area contributed by atoms with Crippen LogP contribution in [0.25, 0.3) is 12.2 Å². The van der Waals surface area contributed by atoms with E-state index in [-0.39, 0.29) is 39.7 Å². The molecule has 0 N–H and O–H groups in total. The molecular weight excluding hydrogens is 1580 g/mol. The van der Waals surface area contributed by atoms with Crippen molar-refractivity contribution in [3.8, 4) is 23.0 Å². The maximum absolute atomic E-state index is 15.1. The van der Waals surface area contributed by atoms with Gasteiger partial charge in [-0.15, -0.1) is 0 Å². The number of carbonyl (C=O) groups excluding carboxylic acids is 16. The highest BCUT2D eigenvalue weighted by atomic mass is 16.9. The monoisotopic (exact) mass is 1670 g/mol. The smallest absolute Gasteiger partial charge is 0.338 e. The van der Waals surface area contributed by atoms with Crippen molar-refractivity contribution in [3.63, 3.8) is 0 Å². The molecule has 0 radical (unpaired) electrons. The number of rotatable bonds is 34. The molecule has 19 atom stereocenters. The Morgan fingerprint density at radius 2 is 0.703 bits per heavy atom. The summed E-state index contributed by atoms with van der Waals surface area (Å²) in [6.07, 6.45) is -36.7. The molecular formula is C77H88O41. The highest BCUT2D eigenvalue weighted by molar-refractivity contribution is 5.90. The second kappa shape index (κ2) is 43.3. The zero-order valence-electron chi connectivity index (χ0n) is 66.3. The second-order valence-corrected chi connectivity index (χ2v) is 26.0. The van der Waals surface area contributed by atoms with Gasteiger partial charge in [0.05, 0.1) is 19.8 Å². The molecule has 0 spiro atoms. The van der Waals surface area contributed by atoms with Crippen LogP contribution >= 0.6 is 0 Å². The second-order valence-electron chi connectivity index (χ2n) is 26.0. The van der Waals surface area contributed by atoms with E-state index < -0.39 is 245 Å². The van der Waals surface area contributed by atoms with Crippen molar-refractivity contribution in [2.24, 2.45) is 0 Å². The third-order valence-electron chi connectivity index (χ3n) is 16.7. The minimum Gasteiger partial charge on any atom is -0.493 e. The quantitative estimate of drug-likeness (QED) is 0.0359. The first kappa shape index (κ1) is 93.1. The number of hydrogen-bond donors (Lipinski definition) is 0. The molecule has 4 saturated heterocycles. The zero-order valence-corrected chi connectivity index (χ0v) is 66.3. The number of hydrogen-bond acceptors (Lipinski definition) is 41. The minimum absolute atomic E-state index is 0.00582. The lowest BCUT2D eigenvalue weighted by Crippen LogP contribution is -2.70. The molecule has 4 aliphatic heterocycles. The Kier molecular flexibility index (Phi) is 34.1. The average Bonchev–Trinajstić information content (AvgIpc) is 1.44. The van der Waals surface area contributed by atoms with E-state index in [4.69, 9.17) is 118 Å². The Labute approximate surface area is 672 Å². The van der Waals surface area contributed by atoms with E-state index in [0.717, 1.165) is 108 Å². The minimum atomic E-state index is -3.25. The lowest BCUT2D eigenvalue weighted by molar-refractivity contribution is -0.421. The van der Waals surface area contributed by atoms with Gasteiger partial charge < -0.3 is 118 Å². The molecule has 118 heavy (non-hydrogen) atoms. The molecule has 0 aliphatic carbocycles. The number of esters is 16. The Bertz CT molecular complexity index is 4230. The van der Waals surface area contributed by atoms with E-state index in [1.807, 2.05) is 0 Å². The van der Waals surface area contributed by atoms with E-state index in [0.29, 0.717) is 0 Å². The predicted molar refractivity (Wildman–Crippen MR) is 383 cm³/mol. The maximum Gasteiger partial charge on any atom is 0.338 e. The molecule has 4 fully saturated rings. The largest absolute Gasteiger partial charge is 0.493 e. The molecule has 0 aromatic heterocycles. The van der Waals surface area contributed by atoms with Gasteiger partial charge in [0.1, 0.15) is 69.7 Å². The summed E-state index contributed by atoms with van der Waals surface area (Å²) < 4.78 is 150. The van der Waals surface area contributed by atoms with Crippen molar-refractivity contribution >= 4 is 108 Å². The summed E-state index contributed by atoms with van der Waals surface area (Å²) in [4.78, 5) is 215. The summed E-state index contributed by atoms with van der Waals surface area (Å²) in [5.41, 5.74) is 0.0883. The zero-order chi connectivity index (χ0) is 87.0. The Balaban J connectivity index is 1.63. The fraction of sp³-hybridized carbons (Fsp3) is 0.506. The van der Waals surface area contributed by atoms with E-state index in [1.54, 1.807) is 0 Å². The van der Waals surface area contributed by atoms with Crippen LogP contribution in [0.15, 0.2) is 78.9 Å². The maximum atomic E-state index is 15.1. The Morgan fingerprint density at radius 3 is 1.10 bits per heavy atom. The van der Waals surface area contributed by atoms with Gasteiger partial charge in [-0.25, -0.2) is 14.4 Å². The van der Waals surface area contributed by atoms with Crippen LogP contribution in [0.5, 0.6) is 23.0 Å². The SMILES string of the molecule is COc1cc(/C=C/C(=O)OC[C@@]2(O[C@H]3O[C@H](COC(C)=O)[C@@H](OC(=O)/C=C/c4ccc(OC(C)=O)c(OC)c4)[C@H](O[C@@H]4O[C@H](COC(C)=O)[C@@H](OC(C)=O)[C@H](OC(C)=O)[C@H]4OC(C)=O)[C@H]3O[C@@H]3O[C@H](COC(C)=O)[C@@H](OC(C)=O)[C@H](OC(C)=O)[C@H]3OC(C)=O)O[C@H](COC(C)=O)[C@@H](OC(C)=O)[C@@H]2OC(=O)c2ccccc2)ccc1OC(C)=O. The fourth-order valence-corrected chi connectivity index (χ4v) is 12.3. The molecule has 4 aliphatic rings. The summed E-state index contributed by atoms with van der Waals surface area (Å²) >= 11 is 0. The van der Waals surface area contributed by atoms with E-state index in [1.165, 1.54) is 87.0 Å². The standard InChI is InChI=1S/C77H88O41/c1-36(78)96-31-56-62(103-42(7)84)66(106-45(10)87)69(108-47(12)89)74(110-56)114-68-64(113-61(92)28-24-50-22-26-53(102-41(6)83)55(30-50)95-15)58(33-98-38(3)80)112-76(71(68)115-75-70(109-48(13)90)67(107-46(11)88)63(104-43(8)85)57(111-75)32-97-37(2)79)118-77(35-100-60(91)27-23-49-21-25-52(101-40(5)82)54(29-49)94-14)72(116-73(93)51-19-17-16-18-20-51)65(105-44(9)86)59(117-77)34-99-39(4)81/h16-30,56-59,62-72,74-76H,31-35H2,1-15H3/b27-23+,28-24+/t56-,57-,58-,59-,62-,63-,64-,65-,66+,67+,68+,69-,70-,71-,72+,74+,75+,76-,77+/m1/s1. The molecule has 3 aromatic rings. The van der Waals surface area contributed by atoms with Gasteiger partial charge in [0.2, 0.25) is 5.79 Å². The van der Waals surface area contributed by atoms with Crippen LogP contribution in [0.4, 0.5) is 0 Å². The molecule has 3 aromatic carbocycles. The van der Waals surface area contributed by atoms with Gasteiger partial charge >= 0.3 is 95.5 Å². The van der Waals surface area contributed by atoms with Crippen molar-refractivity contribution in [3.05, 3.63) is 95.6 Å². The first-order valence-electron chi connectivity index (χ1n) is 35.9. The van der Waals surface area contributed by atoms with Gasteiger partial charge in [-0.2, -0.15) is 0 Å². The van der Waals surface area contributed by atoms with Gasteiger partial charge in [0.15, 0.2) is 96.8 Å². The lowest BCUT2D eigenvalue weighted by Gasteiger charge is -2.51. The van der Waals surface area contributed by atoms with Crippen LogP contribution in [0, 0.1) is 0 Å². The van der Waals surface area contributed by atoms with Crippen LogP contribution in [0.2, 0.25) is 0 Å². The van der Waals surface area contributed by atoms with Gasteiger partial charge in [-0.05, 0) is 59.7 Å². The molecule has 7 rings (SSSR count). The van der Waals surface area contributed by atoms with E-state index in [9.17, 15) is 71.9 Å². The van der Waals surface area contributed by atoms with Crippen molar-refractivity contribution in [1.82, 2.24) is 0 Å². The van der Waals surface area contributed by atoms with Crippen LogP contribution in [0.3, 0.4) is 0 Å². The molecule has 4 heterocycles. The van der Waals surface area contributed by atoms with E-state index in [2.05, 4.69) is 0 Å². The molecule has 0 saturated carbocycles. The van der Waals surface area contributed by atoms with Gasteiger partial charge in [0.25, 0.3) is 0 Å². The fourth-order valence-electron chi connectivity index (χ4n) is 12.3. The van der Waals surface area contributed by atoms with Crippen LogP contribution < -0.4 is 18.9 Å². The lowest BCUT2D eigenvalue weighted by atomic mass is 9.95. The molecule has 0 unspecified atom stereocenters. The first-order chi connectivity index (χ1) is 55.8. The van der Waals surface area contributed by atoms with Gasteiger partial charge in [-0.3, -0.25) is 62.3 Å². The van der Waals surface area contributed by atoms with E-state index >= 15 is 4.79 Å². The van der Waals surface area contributed by atoms with Crippen molar-refractivity contribution in [2.45, 2.75) is 206 Å². The topological polar surface area (TPSA) is 504 Å². The van der Waals surface area contributed by atoms with Crippen molar-refractivity contribution in [2.75, 3.05) is 47.3 Å². The first-order valence-corrected chi connectivity index (χ1v) is 35.9. The summed E-state index contributed by atoms with van der Waals surface area (Å²) in [7, 11) is 2.49. The van der Waals surface area contributed by atoms with Crippen LogP contribution in [-0.2, 0) is 171 Å². The highest BCUT2D eigenvalue weighted by Gasteiger charge is 2.67. The van der Waals surface area contributed by atoms with Crippen molar-refractivity contribution < 1.29 is 195 Å². The number of carbonyl (C=O) groups is 16. The van der Waals surface area contributed by atoms with Crippen LogP contribution in [-0.4, -0.2) is 259 Å². The Hall–Kier alpha value is -12.0. The predicted octanol–water partition coefficient (Wildman–Crippen LogP) is 2.79. The molecule has 41 nitrogen and oxygen atoms in total. The molecule has 642 valence electrons. The third-order valence-corrected chi connectivity index (χ3v) is 16.7. The summed E-state index contributed by atoms with van der Waals surface area (Å²) in [5, 5.41) is 0. The normalized spacial score (nSPS) is 26.4.